The minimum atomic E-state index is -0.299. The summed E-state index contributed by atoms with van der Waals surface area (Å²) in [5.74, 6) is 1.71. The predicted molar refractivity (Wildman–Crippen MR) is 113 cm³/mol. The molecule has 0 fully saturated rings. The molecule has 1 atom stereocenters. The highest BCUT2D eigenvalue weighted by Gasteiger charge is 2.19. The third-order valence-corrected chi connectivity index (χ3v) is 4.58. The molecule has 1 unspecified atom stereocenters. The normalized spacial score (nSPS) is 11.4. The molecule has 3 aromatic rings. The van der Waals surface area contributed by atoms with E-state index < -0.39 is 0 Å². The Morgan fingerprint density at radius 3 is 2.17 bits per heavy atom. The zero-order valence-corrected chi connectivity index (χ0v) is 16.8. The van der Waals surface area contributed by atoms with Crippen LogP contribution in [0, 0.1) is 0 Å². The van der Waals surface area contributed by atoms with Crippen LogP contribution in [-0.2, 0) is 0 Å². The molecule has 0 bridgehead atoms. The molecule has 0 spiro atoms. The second-order valence-electron chi connectivity index (χ2n) is 6.39. The number of benzene rings is 3. The van der Waals surface area contributed by atoms with Crippen molar-refractivity contribution in [2.75, 3.05) is 20.8 Å². The Kier molecular flexibility index (Phi) is 6.74. The minimum absolute atomic E-state index is 0.198. The van der Waals surface area contributed by atoms with Gasteiger partial charge in [0.2, 0.25) is 0 Å². The maximum Gasteiger partial charge on any atom is 0.252 e. The summed E-state index contributed by atoms with van der Waals surface area (Å²) in [6.45, 7) is 2.43. The largest absolute Gasteiger partial charge is 0.497 e. The van der Waals surface area contributed by atoms with Gasteiger partial charge >= 0.3 is 0 Å². The van der Waals surface area contributed by atoms with Gasteiger partial charge in [0.1, 0.15) is 5.75 Å². The molecular weight excluding hydrogens is 366 g/mol. The van der Waals surface area contributed by atoms with E-state index in [-0.39, 0.29) is 11.9 Å². The first-order valence-electron chi connectivity index (χ1n) is 9.46. The summed E-state index contributed by atoms with van der Waals surface area (Å²) in [6.07, 6.45) is 0. The van der Waals surface area contributed by atoms with Crippen molar-refractivity contribution in [1.29, 1.82) is 0 Å². The predicted octanol–water partition coefficient (Wildman–Crippen LogP) is 4.62. The van der Waals surface area contributed by atoms with Crippen LogP contribution < -0.4 is 19.5 Å². The van der Waals surface area contributed by atoms with E-state index in [0.29, 0.717) is 23.7 Å². The maximum atomic E-state index is 13.0. The van der Waals surface area contributed by atoms with Crippen molar-refractivity contribution in [2.45, 2.75) is 13.0 Å². The van der Waals surface area contributed by atoms with Gasteiger partial charge in [-0.15, -0.1) is 0 Å². The topological polar surface area (TPSA) is 56.8 Å². The number of nitrogens with one attached hydrogen (secondary N) is 1. The molecule has 3 rings (SSSR count). The summed E-state index contributed by atoms with van der Waals surface area (Å²) in [5, 5.41) is 3.13. The summed E-state index contributed by atoms with van der Waals surface area (Å²) >= 11 is 0. The summed E-state index contributed by atoms with van der Waals surface area (Å²) in [6, 6.07) is 22.4. The van der Waals surface area contributed by atoms with Gasteiger partial charge in [0.25, 0.3) is 5.91 Å². The van der Waals surface area contributed by atoms with E-state index in [0.717, 1.165) is 16.9 Å². The van der Waals surface area contributed by atoms with Crippen molar-refractivity contribution >= 4 is 5.91 Å². The van der Waals surface area contributed by atoms with Gasteiger partial charge in [-0.05, 0) is 48.4 Å². The highest BCUT2D eigenvalue weighted by molar-refractivity contribution is 5.95. The van der Waals surface area contributed by atoms with E-state index in [9.17, 15) is 4.79 Å². The van der Waals surface area contributed by atoms with Crippen LogP contribution in [-0.4, -0.2) is 26.7 Å². The fourth-order valence-electron chi connectivity index (χ4n) is 3.10. The van der Waals surface area contributed by atoms with Crippen molar-refractivity contribution in [3.05, 3.63) is 89.5 Å². The maximum absolute atomic E-state index is 13.0. The molecule has 0 aliphatic heterocycles. The Morgan fingerprint density at radius 2 is 1.55 bits per heavy atom. The number of methoxy groups -OCH3 is 2. The lowest BCUT2D eigenvalue weighted by Crippen LogP contribution is -2.29. The fourth-order valence-corrected chi connectivity index (χ4v) is 3.10. The molecule has 1 N–H and O–H groups in total. The Labute approximate surface area is 171 Å². The number of amides is 1. The SMILES string of the molecule is CCOc1ccc(C(=O)NC(c2ccccc2)c2ccc(OC)cc2)cc1OC. The molecular formula is C24H25NO4. The van der Waals surface area contributed by atoms with E-state index >= 15 is 0 Å². The fraction of sp³-hybridized carbons (Fsp3) is 0.208. The first-order chi connectivity index (χ1) is 14.2. The molecule has 0 aromatic heterocycles. The summed E-state index contributed by atoms with van der Waals surface area (Å²) < 4.78 is 16.2. The van der Waals surface area contributed by atoms with E-state index in [1.807, 2.05) is 61.5 Å². The highest BCUT2D eigenvalue weighted by atomic mass is 16.5. The van der Waals surface area contributed by atoms with E-state index in [1.54, 1.807) is 32.4 Å². The van der Waals surface area contributed by atoms with Crippen LogP contribution in [0.1, 0.15) is 34.5 Å². The number of carbonyl (C=O) groups excluding carboxylic acids is 1. The third kappa shape index (κ3) is 4.88. The van der Waals surface area contributed by atoms with E-state index in [2.05, 4.69) is 5.32 Å². The summed E-state index contributed by atoms with van der Waals surface area (Å²) in [7, 11) is 3.19. The lowest BCUT2D eigenvalue weighted by molar-refractivity contribution is 0.0942. The van der Waals surface area contributed by atoms with Gasteiger partial charge in [-0.3, -0.25) is 4.79 Å². The Balaban J connectivity index is 1.90. The number of ether oxygens (including phenoxy) is 3. The third-order valence-electron chi connectivity index (χ3n) is 4.58. The molecule has 0 saturated carbocycles. The summed E-state index contributed by atoms with van der Waals surface area (Å²) in [5.41, 5.74) is 2.45. The smallest absolute Gasteiger partial charge is 0.252 e. The van der Waals surface area contributed by atoms with Crippen LogP contribution in [0.3, 0.4) is 0 Å². The van der Waals surface area contributed by atoms with Crippen LogP contribution >= 0.6 is 0 Å². The Morgan fingerprint density at radius 1 is 0.862 bits per heavy atom. The lowest BCUT2D eigenvalue weighted by Gasteiger charge is -2.20. The second kappa shape index (κ2) is 9.64. The van der Waals surface area contributed by atoms with Gasteiger partial charge in [0, 0.05) is 5.56 Å². The average Bonchev–Trinajstić information content (AvgIpc) is 2.78. The van der Waals surface area contributed by atoms with Gasteiger partial charge < -0.3 is 19.5 Å². The standard InChI is InChI=1S/C24H25NO4/c1-4-29-21-15-12-19(16-22(21)28-3)24(26)25-23(17-8-6-5-7-9-17)18-10-13-20(27-2)14-11-18/h5-16,23H,4H2,1-3H3,(H,25,26). The van der Waals surface area contributed by atoms with Crippen LogP contribution in [0.15, 0.2) is 72.8 Å². The quantitative estimate of drug-likeness (QED) is 0.609. The van der Waals surface area contributed by atoms with Crippen LogP contribution in [0.25, 0.3) is 0 Å². The highest BCUT2D eigenvalue weighted by Crippen LogP contribution is 2.29. The first kappa shape index (κ1) is 20.3. The lowest BCUT2D eigenvalue weighted by atomic mass is 9.98. The zero-order valence-electron chi connectivity index (χ0n) is 16.8. The van der Waals surface area contributed by atoms with Crippen molar-refractivity contribution in [2.24, 2.45) is 0 Å². The molecule has 0 saturated heterocycles. The van der Waals surface area contributed by atoms with Crippen molar-refractivity contribution in [1.82, 2.24) is 5.32 Å². The number of carbonyl (C=O) groups is 1. The Bertz CT molecular complexity index is 939. The van der Waals surface area contributed by atoms with Gasteiger partial charge in [-0.2, -0.15) is 0 Å². The van der Waals surface area contributed by atoms with Crippen molar-refractivity contribution < 1.29 is 19.0 Å². The molecule has 1 amide bonds. The van der Waals surface area contributed by atoms with Crippen LogP contribution in [0.2, 0.25) is 0 Å². The van der Waals surface area contributed by atoms with E-state index in [4.69, 9.17) is 14.2 Å². The molecule has 29 heavy (non-hydrogen) atoms. The van der Waals surface area contributed by atoms with Crippen LogP contribution in [0.4, 0.5) is 0 Å². The summed E-state index contributed by atoms with van der Waals surface area (Å²) in [4.78, 5) is 13.0. The molecule has 3 aromatic carbocycles. The van der Waals surface area contributed by atoms with Gasteiger partial charge in [0.15, 0.2) is 11.5 Å². The monoisotopic (exact) mass is 391 g/mol. The minimum Gasteiger partial charge on any atom is -0.497 e. The van der Waals surface area contributed by atoms with Crippen LogP contribution in [0.5, 0.6) is 17.2 Å². The molecule has 0 aliphatic rings. The average molecular weight is 391 g/mol. The Hall–Kier alpha value is -3.47. The van der Waals surface area contributed by atoms with Gasteiger partial charge in [0.05, 0.1) is 26.9 Å². The van der Waals surface area contributed by atoms with Crippen molar-refractivity contribution in [3.63, 3.8) is 0 Å². The van der Waals surface area contributed by atoms with Gasteiger partial charge in [-0.25, -0.2) is 0 Å². The number of hydrogen-bond donors (Lipinski definition) is 1. The molecule has 0 aliphatic carbocycles. The zero-order chi connectivity index (χ0) is 20.6. The number of hydrogen-bond acceptors (Lipinski definition) is 4. The molecule has 5 nitrogen and oxygen atoms in total. The molecule has 0 radical (unpaired) electrons. The molecule has 5 heteroatoms. The number of rotatable bonds is 8. The molecule has 150 valence electrons. The van der Waals surface area contributed by atoms with Gasteiger partial charge in [-0.1, -0.05) is 42.5 Å². The second-order valence-corrected chi connectivity index (χ2v) is 6.39. The van der Waals surface area contributed by atoms with E-state index in [1.165, 1.54) is 0 Å². The molecule has 0 heterocycles. The van der Waals surface area contributed by atoms with Crippen molar-refractivity contribution in [3.8, 4) is 17.2 Å². The first-order valence-corrected chi connectivity index (χ1v) is 9.46.